The van der Waals surface area contributed by atoms with E-state index in [0.29, 0.717) is 16.4 Å². The van der Waals surface area contributed by atoms with Crippen LogP contribution in [0.2, 0.25) is 5.02 Å². The number of hydrogen-bond acceptors (Lipinski definition) is 3. The lowest BCUT2D eigenvalue weighted by Gasteiger charge is -2.11. The van der Waals surface area contributed by atoms with E-state index < -0.39 is 0 Å². The van der Waals surface area contributed by atoms with Crippen molar-refractivity contribution < 1.29 is 4.79 Å². The van der Waals surface area contributed by atoms with Gasteiger partial charge in [0.1, 0.15) is 5.82 Å². The third kappa shape index (κ3) is 4.23. The van der Waals surface area contributed by atoms with Crippen molar-refractivity contribution >= 4 is 23.3 Å². The lowest BCUT2D eigenvalue weighted by Crippen LogP contribution is -2.30. The summed E-state index contributed by atoms with van der Waals surface area (Å²) >= 11 is 5.96. The molecule has 0 spiro atoms. The van der Waals surface area contributed by atoms with Gasteiger partial charge in [-0.25, -0.2) is 4.98 Å². The number of nitrogens with one attached hydrogen (secondary N) is 2. The molecule has 1 heterocycles. The molecule has 0 saturated heterocycles. The van der Waals surface area contributed by atoms with Gasteiger partial charge in [-0.2, -0.15) is 0 Å². The molecule has 0 aliphatic rings. The molecule has 0 unspecified atom stereocenters. The summed E-state index contributed by atoms with van der Waals surface area (Å²) in [6.07, 6.45) is 2.49. The molecule has 1 aromatic heterocycles. The first-order valence-corrected chi connectivity index (χ1v) is 6.12. The van der Waals surface area contributed by atoms with Crippen LogP contribution in [0.3, 0.4) is 0 Å². The van der Waals surface area contributed by atoms with Crippen molar-refractivity contribution in [3.05, 3.63) is 22.8 Å². The van der Waals surface area contributed by atoms with Crippen molar-refractivity contribution in [1.82, 2.24) is 10.3 Å². The Balaban J connectivity index is 2.86. The average molecular weight is 256 g/mol. The zero-order valence-corrected chi connectivity index (χ0v) is 11.1. The van der Waals surface area contributed by atoms with Gasteiger partial charge in [-0.15, -0.1) is 0 Å². The van der Waals surface area contributed by atoms with Gasteiger partial charge in [0.05, 0.1) is 10.6 Å². The van der Waals surface area contributed by atoms with Crippen LogP contribution in [-0.2, 0) is 0 Å². The lowest BCUT2D eigenvalue weighted by atomic mass is 10.2. The molecule has 1 aromatic rings. The summed E-state index contributed by atoms with van der Waals surface area (Å²) in [6.45, 7) is 6.70. The number of pyridine rings is 1. The number of anilines is 1. The molecule has 0 atom stereocenters. The molecule has 1 amide bonds. The molecule has 0 radical (unpaired) electrons. The predicted octanol–water partition coefficient (Wildman–Crippen LogP) is 2.70. The Labute approximate surface area is 107 Å². The van der Waals surface area contributed by atoms with Crippen molar-refractivity contribution in [2.45, 2.75) is 33.2 Å². The van der Waals surface area contributed by atoms with Gasteiger partial charge in [-0.05, 0) is 26.3 Å². The second-order valence-electron chi connectivity index (χ2n) is 4.10. The number of aromatic nitrogens is 1. The van der Waals surface area contributed by atoms with Gasteiger partial charge in [0.25, 0.3) is 5.91 Å². The second-order valence-corrected chi connectivity index (χ2v) is 4.51. The van der Waals surface area contributed by atoms with Gasteiger partial charge < -0.3 is 10.6 Å². The molecule has 0 saturated carbocycles. The molecule has 0 aliphatic heterocycles. The number of nitrogens with zero attached hydrogens (tertiary/aromatic N) is 1. The Bertz CT molecular complexity index is 393. The maximum Gasteiger partial charge on any atom is 0.253 e. The molecule has 0 bridgehead atoms. The maximum absolute atomic E-state index is 11.9. The molecule has 5 heteroatoms. The minimum Gasteiger partial charge on any atom is -0.370 e. The first-order chi connectivity index (χ1) is 8.04. The number of halogens is 1. The van der Waals surface area contributed by atoms with Gasteiger partial charge in [-0.1, -0.05) is 18.5 Å². The molecule has 4 nitrogen and oxygen atoms in total. The highest BCUT2D eigenvalue weighted by Gasteiger charge is 2.12. The smallest absolute Gasteiger partial charge is 0.253 e. The van der Waals surface area contributed by atoms with Crippen LogP contribution in [0.4, 0.5) is 5.82 Å². The minimum atomic E-state index is -0.174. The summed E-state index contributed by atoms with van der Waals surface area (Å²) in [4.78, 5) is 16.0. The fourth-order valence-electron chi connectivity index (χ4n) is 1.30. The van der Waals surface area contributed by atoms with E-state index in [9.17, 15) is 4.79 Å². The first kappa shape index (κ1) is 13.8. The summed E-state index contributed by atoms with van der Waals surface area (Å²) in [7, 11) is 0. The standard InChI is InChI=1S/C12H18ClN3O/c1-4-5-14-11-6-9(10(13)7-15-11)12(17)16-8(2)3/h6-8H,4-5H2,1-3H3,(H,14,15)(H,16,17). The van der Waals surface area contributed by atoms with Crippen LogP contribution in [0.1, 0.15) is 37.6 Å². The zero-order valence-electron chi connectivity index (χ0n) is 10.4. The summed E-state index contributed by atoms with van der Waals surface area (Å²) < 4.78 is 0. The number of hydrogen-bond donors (Lipinski definition) is 2. The highest BCUT2D eigenvalue weighted by Crippen LogP contribution is 2.18. The Morgan fingerprint density at radius 3 is 2.82 bits per heavy atom. The molecule has 17 heavy (non-hydrogen) atoms. The molecule has 0 aliphatic carbocycles. The topological polar surface area (TPSA) is 54.0 Å². The highest BCUT2D eigenvalue weighted by molar-refractivity contribution is 6.33. The van der Waals surface area contributed by atoms with Crippen LogP contribution in [0.5, 0.6) is 0 Å². The van der Waals surface area contributed by atoms with E-state index in [1.165, 1.54) is 6.20 Å². The summed E-state index contributed by atoms with van der Waals surface area (Å²) in [6, 6.07) is 1.76. The van der Waals surface area contributed by atoms with Crippen LogP contribution >= 0.6 is 11.6 Å². The van der Waals surface area contributed by atoms with Crippen molar-refractivity contribution in [2.75, 3.05) is 11.9 Å². The van der Waals surface area contributed by atoms with Crippen LogP contribution < -0.4 is 10.6 Å². The number of carbonyl (C=O) groups excluding carboxylic acids is 1. The SMILES string of the molecule is CCCNc1cc(C(=O)NC(C)C)c(Cl)cn1. The third-order valence-electron chi connectivity index (χ3n) is 2.08. The van der Waals surface area contributed by atoms with Gasteiger partial charge in [0, 0.05) is 18.8 Å². The van der Waals surface area contributed by atoms with Crippen LogP contribution in [0.15, 0.2) is 12.3 Å². The first-order valence-electron chi connectivity index (χ1n) is 5.74. The Kier molecular flexibility index (Phi) is 5.22. The molecule has 2 N–H and O–H groups in total. The summed E-state index contributed by atoms with van der Waals surface area (Å²) in [5.74, 6) is 0.497. The number of amides is 1. The molecular formula is C12H18ClN3O. The van der Waals surface area contributed by atoms with Crippen molar-refractivity contribution in [3.8, 4) is 0 Å². The van der Waals surface area contributed by atoms with E-state index in [1.807, 2.05) is 13.8 Å². The minimum absolute atomic E-state index is 0.0822. The van der Waals surface area contributed by atoms with Crippen LogP contribution in [-0.4, -0.2) is 23.5 Å². The van der Waals surface area contributed by atoms with E-state index in [0.717, 1.165) is 13.0 Å². The summed E-state index contributed by atoms with van der Waals surface area (Å²) in [5, 5.41) is 6.29. The largest absolute Gasteiger partial charge is 0.370 e. The average Bonchev–Trinajstić information content (AvgIpc) is 2.27. The Hall–Kier alpha value is -1.29. The van der Waals surface area contributed by atoms with Gasteiger partial charge in [0.15, 0.2) is 0 Å². The van der Waals surface area contributed by atoms with E-state index in [-0.39, 0.29) is 11.9 Å². The normalized spacial score (nSPS) is 10.4. The van der Waals surface area contributed by atoms with Crippen LogP contribution in [0, 0.1) is 0 Å². The van der Waals surface area contributed by atoms with Gasteiger partial charge in [-0.3, -0.25) is 4.79 Å². The molecule has 0 aromatic carbocycles. The maximum atomic E-state index is 11.9. The highest BCUT2D eigenvalue weighted by atomic mass is 35.5. The van der Waals surface area contributed by atoms with E-state index in [1.54, 1.807) is 6.07 Å². The summed E-state index contributed by atoms with van der Waals surface area (Å²) in [5.41, 5.74) is 0.453. The second kappa shape index (κ2) is 6.45. The quantitative estimate of drug-likeness (QED) is 0.851. The predicted molar refractivity (Wildman–Crippen MR) is 70.6 cm³/mol. The van der Waals surface area contributed by atoms with Gasteiger partial charge >= 0.3 is 0 Å². The Morgan fingerprint density at radius 2 is 2.24 bits per heavy atom. The molecule has 1 rings (SSSR count). The zero-order chi connectivity index (χ0) is 12.8. The van der Waals surface area contributed by atoms with Crippen molar-refractivity contribution in [1.29, 1.82) is 0 Å². The third-order valence-corrected chi connectivity index (χ3v) is 2.38. The fraction of sp³-hybridized carbons (Fsp3) is 0.500. The van der Waals surface area contributed by atoms with Crippen LogP contribution in [0.25, 0.3) is 0 Å². The number of carbonyl (C=O) groups is 1. The molecule has 0 fully saturated rings. The monoisotopic (exact) mass is 255 g/mol. The van der Waals surface area contributed by atoms with E-state index >= 15 is 0 Å². The van der Waals surface area contributed by atoms with E-state index in [2.05, 4.69) is 22.5 Å². The Morgan fingerprint density at radius 1 is 1.53 bits per heavy atom. The van der Waals surface area contributed by atoms with Crippen molar-refractivity contribution in [2.24, 2.45) is 0 Å². The lowest BCUT2D eigenvalue weighted by molar-refractivity contribution is 0.0943. The fourth-order valence-corrected chi connectivity index (χ4v) is 1.49. The number of rotatable bonds is 5. The van der Waals surface area contributed by atoms with Crippen molar-refractivity contribution in [3.63, 3.8) is 0 Å². The van der Waals surface area contributed by atoms with E-state index in [4.69, 9.17) is 11.6 Å². The molecule has 94 valence electrons. The molecular weight excluding hydrogens is 238 g/mol. The van der Waals surface area contributed by atoms with Gasteiger partial charge in [0.2, 0.25) is 0 Å².